The molecule has 0 radical (unpaired) electrons. The maximum Gasteiger partial charge on any atom is 0.407 e. The molecule has 1 aliphatic heterocycles. The van der Waals surface area contributed by atoms with E-state index in [1.807, 2.05) is 74.4 Å². The van der Waals surface area contributed by atoms with E-state index in [2.05, 4.69) is 36.7 Å². The summed E-state index contributed by atoms with van der Waals surface area (Å²) < 4.78 is 21.3. The fourth-order valence-electron chi connectivity index (χ4n) is 5.56. The van der Waals surface area contributed by atoms with Crippen LogP contribution >= 0.6 is 0 Å². The van der Waals surface area contributed by atoms with E-state index in [0.29, 0.717) is 51.1 Å². The van der Waals surface area contributed by atoms with Crippen molar-refractivity contribution in [2.24, 2.45) is 0 Å². The number of methoxy groups -OCH3 is 1. The van der Waals surface area contributed by atoms with Gasteiger partial charge in [0.15, 0.2) is 0 Å². The third kappa shape index (κ3) is 20.4. The van der Waals surface area contributed by atoms with Crippen LogP contribution in [0.2, 0.25) is 0 Å². The first-order valence-electron chi connectivity index (χ1n) is 18.5. The minimum absolute atomic E-state index is 0.386. The third-order valence-electron chi connectivity index (χ3n) is 7.71. The molecule has 1 heterocycles. The number of fused-ring (bicyclic) bond motifs is 2. The monoisotopic (exact) mass is 734 g/mol. The molecule has 14 heteroatoms. The number of benzene rings is 1. The van der Waals surface area contributed by atoms with Crippen molar-refractivity contribution < 1.29 is 38.1 Å². The number of ether oxygens (including phenoxy) is 4. The summed E-state index contributed by atoms with van der Waals surface area (Å²) in [5.74, 6) is -0.386. The number of alkyl carbamates (subject to hydrolysis) is 3. The van der Waals surface area contributed by atoms with Crippen molar-refractivity contribution in [2.45, 2.75) is 111 Å². The highest BCUT2D eigenvalue weighted by molar-refractivity contribution is 5.89. The van der Waals surface area contributed by atoms with Gasteiger partial charge in [0.05, 0.1) is 12.7 Å². The van der Waals surface area contributed by atoms with Gasteiger partial charge in [0, 0.05) is 72.0 Å². The highest BCUT2D eigenvalue weighted by Gasteiger charge is 2.21. The van der Waals surface area contributed by atoms with Crippen molar-refractivity contribution in [1.82, 2.24) is 30.7 Å². The molecule has 3 N–H and O–H groups in total. The number of amides is 3. The lowest BCUT2D eigenvalue weighted by Gasteiger charge is -2.32. The van der Waals surface area contributed by atoms with Crippen LogP contribution in [0, 0.1) is 0 Å². The van der Waals surface area contributed by atoms with Gasteiger partial charge in [-0.3, -0.25) is 9.80 Å². The summed E-state index contributed by atoms with van der Waals surface area (Å²) in [7, 11) is 1.39. The van der Waals surface area contributed by atoms with Gasteiger partial charge >= 0.3 is 24.2 Å². The molecule has 1 aliphatic rings. The van der Waals surface area contributed by atoms with Crippen LogP contribution < -0.4 is 16.0 Å². The molecule has 0 unspecified atom stereocenters. The average Bonchev–Trinajstić information content (AvgIpc) is 3.00. The predicted molar refractivity (Wildman–Crippen MR) is 201 cm³/mol. The Morgan fingerprint density at radius 2 is 0.885 bits per heavy atom. The van der Waals surface area contributed by atoms with Crippen LogP contribution in [0.3, 0.4) is 0 Å². The van der Waals surface area contributed by atoms with Crippen LogP contribution in [0.15, 0.2) is 18.2 Å². The van der Waals surface area contributed by atoms with Crippen LogP contribution in [-0.2, 0) is 32.0 Å². The Labute approximate surface area is 311 Å². The number of carbonyl (C=O) groups is 4. The Balaban J connectivity index is 2.22. The van der Waals surface area contributed by atoms with E-state index >= 15 is 0 Å². The molecule has 1 aromatic rings. The summed E-state index contributed by atoms with van der Waals surface area (Å²) in [5, 5.41) is 8.57. The average molecular weight is 735 g/mol. The second-order valence-corrected chi connectivity index (χ2v) is 16.3. The van der Waals surface area contributed by atoms with Gasteiger partial charge in [-0.15, -0.1) is 0 Å². The smallest absolute Gasteiger partial charge is 0.407 e. The SMILES string of the molecule is COC(=O)c1cc2cc(c1)CN(CCCNC(=O)OC(C)(C)C)CCN(CCCNC(=O)OC(C)(C)C)CCN(CCCNC(=O)OC(C)(C)C)C2. The Bertz CT molecular complexity index is 1220. The second-order valence-electron chi connectivity index (χ2n) is 16.3. The number of hydrogen-bond acceptors (Lipinski definition) is 11. The standard InChI is InChI=1S/C38H66N6O8/c1-36(2,3)50-33(46)39-14-11-17-42-20-22-43(18-12-15-40-34(47)51-37(4,5)6)27-29-24-30(26-31(25-29)32(45)49-10)28-44(23-21-42)19-13-16-41-35(48)52-38(7,8)9/h24-26H,11-23,27-28H2,1-10H3,(H,39,46)(H,40,47)(H,41,48). The van der Waals surface area contributed by atoms with Crippen molar-refractivity contribution in [3.8, 4) is 0 Å². The molecule has 0 saturated carbocycles. The highest BCUT2D eigenvalue weighted by Crippen LogP contribution is 2.18. The normalized spacial score (nSPS) is 15.4. The summed E-state index contributed by atoms with van der Waals surface area (Å²) >= 11 is 0. The molecule has 0 aliphatic carbocycles. The molecular weight excluding hydrogens is 668 g/mol. The van der Waals surface area contributed by atoms with Gasteiger partial charge in [-0.2, -0.15) is 0 Å². The minimum atomic E-state index is -0.568. The first kappa shape index (κ1) is 44.5. The van der Waals surface area contributed by atoms with Crippen LogP contribution in [0.25, 0.3) is 0 Å². The molecule has 14 nitrogen and oxygen atoms in total. The molecule has 0 atom stereocenters. The van der Waals surface area contributed by atoms with E-state index in [1.54, 1.807) is 0 Å². The van der Waals surface area contributed by atoms with Crippen molar-refractivity contribution in [2.75, 3.05) is 72.6 Å². The number of nitrogens with zero attached hydrogens (tertiary/aromatic N) is 3. The minimum Gasteiger partial charge on any atom is -0.465 e. The first-order chi connectivity index (χ1) is 24.2. The Morgan fingerprint density at radius 1 is 0.558 bits per heavy atom. The summed E-state index contributed by atoms with van der Waals surface area (Å²) in [5.41, 5.74) is 0.805. The van der Waals surface area contributed by atoms with Gasteiger partial charge < -0.3 is 39.8 Å². The maximum atomic E-state index is 12.7. The number of nitrogens with one attached hydrogen (secondary N) is 3. The van der Waals surface area contributed by atoms with Gasteiger partial charge in [0.25, 0.3) is 0 Å². The summed E-state index contributed by atoms with van der Waals surface area (Å²) in [6.45, 7) is 24.5. The summed E-state index contributed by atoms with van der Waals surface area (Å²) in [4.78, 5) is 56.5. The van der Waals surface area contributed by atoms with Crippen molar-refractivity contribution in [3.63, 3.8) is 0 Å². The van der Waals surface area contributed by atoms with Gasteiger partial charge in [-0.25, -0.2) is 19.2 Å². The zero-order valence-electron chi connectivity index (χ0n) is 33.4. The summed E-state index contributed by atoms with van der Waals surface area (Å²) in [6.07, 6.45) is 0.883. The molecule has 296 valence electrons. The molecule has 0 spiro atoms. The first-order valence-corrected chi connectivity index (χ1v) is 18.5. The Morgan fingerprint density at radius 3 is 1.21 bits per heavy atom. The fourth-order valence-corrected chi connectivity index (χ4v) is 5.56. The lowest BCUT2D eigenvalue weighted by Crippen LogP contribution is -2.42. The van der Waals surface area contributed by atoms with E-state index in [9.17, 15) is 19.2 Å². The zero-order chi connectivity index (χ0) is 39.0. The van der Waals surface area contributed by atoms with Gasteiger partial charge in [-0.1, -0.05) is 6.07 Å². The molecule has 1 aromatic carbocycles. The zero-order valence-corrected chi connectivity index (χ0v) is 33.4. The predicted octanol–water partition coefficient (Wildman–Crippen LogP) is 5.14. The lowest BCUT2D eigenvalue weighted by atomic mass is 10.0. The van der Waals surface area contributed by atoms with E-state index in [1.165, 1.54) is 7.11 Å². The summed E-state index contributed by atoms with van der Waals surface area (Å²) in [6, 6.07) is 5.93. The van der Waals surface area contributed by atoms with Crippen molar-refractivity contribution >= 4 is 24.2 Å². The maximum absolute atomic E-state index is 12.7. The lowest BCUT2D eigenvalue weighted by molar-refractivity contribution is 0.0512. The highest BCUT2D eigenvalue weighted by atomic mass is 16.6. The molecular formula is C38H66N6O8. The second kappa shape index (κ2) is 21.2. The number of hydrogen-bond donors (Lipinski definition) is 3. The van der Waals surface area contributed by atoms with Gasteiger partial charge in [0.1, 0.15) is 16.8 Å². The van der Waals surface area contributed by atoms with Crippen LogP contribution in [0.1, 0.15) is 103 Å². The molecule has 0 aromatic heterocycles. The molecule has 2 rings (SSSR count). The van der Waals surface area contributed by atoms with Crippen LogP contribution in [-0.4, -0.2) is 128 Å². The van der Waals surface area contributed by atoms with Crippen LogP contribution in [0.5, 0.6) is 0 Å². The van der Waals surface area contributed by atoms with Gasteiger partial charge in [-0.05, 0) is 111 Å². The van der Waals surface area contributed by atoms with E-state index in [-0.39, 0.29) is 5.97 Å². The van der Waals surface area contributed by atoms with Gasteiger partial charge in [0.2, 0.25) is 0 Å². The van der Waals surface area contributed by atoms with Crippen molar-refractivity contribution in [1.29, 1.82) is 0 Å². The number of rotatable bonds is 13. The van der Waals surface area contributed by atoms with Crippen molar-refractivity contribution in [3.05, 3.63) is 34.9 Å². The van der Waals surface area contributed by atoms with Crippen LogP contribution in [0.4, 0.5) is 14.4 Å². The number of carbonyl (C=O) groups excluding carboxylic acids is 4. The van der Waals surface area contributed by atoms with E-state index in [4.69, 9.17) is 18.9 Å². The molecule has 2 bridgehead atoms. The molecule has 0 saturated heterocycles. The number of esters is 1. The Kier molecular flexibility index (Phi) is 18.1. The topological polar surface area (TPSA) is 151 Å². The molecule has 3 amide bonds. The largest absolute Gasteiger partial charge is 0.465 e. The third-order valence-corrected chi connectivity index (χ3v) is 7.71. The Hall–Kier alpha value is -3.62. The van der Waals surface area contributed by atoms with E-state index < -0.39 is 35.1 Å². The quantitative estimate of drug-likeness (QED) is 0.141. The fraction of sp³-hybridized carbons (Fsp3) is 0.737. The molecule has 0 fully saturated rings. The molecule has 52 heavy (non-hydrogen) atoms. The van der Waals surface area contributed by atoms with E-state index in [0.717, 1.165) is 63.4 Å².